The molecule has 0 aromatic heterocycles. The number of rotatable bonds is 17. The molecule has 0 aliphatic heterocycles. The van der Waals surface area contributed by atoms with Crippen LogP contribution in [-0.2, 0) is 61.5 Å². The van der Waals surface area contributed by atoms with Crippen LogP contribution in [0.3, 0.4) is 0 Å². The van der Waals surface area contributed by atoms with Crippen molar-refractivity contribution >= 4 is 63.1 Å². The standard InChI is InChI=1S/C22H24O3.C17H18O2.C7H13O5P.CH4.I3.Na.H/c1-22(2,15-8-7-14-21(23)24-3)19-12-9-13-20(16-19)25-17-18-10-5-4-6-11-18;1-17(2,13-18)15-9-6-10-16(11-15)19-12-14-7-4-3-5-8-14;1-10-7(8)5-4-6-13(9,11-2)12-3;;1-3-2;;/h4-16H,17H2,1-3H3;3-11,13H,12H2,1-2H3;4-5H,6H2,1-3H3;1H4;;;/q;;;;-1;+1;-1/b14-7+,15-8+;;5-4+;;;;. The van der Waals surface area contributed by atoms with E-state index in [4.69, 9.17) is 9.47 Å². The summed E-state index contributed by atoms with van der Waals surface area (Å²) in [4.78, 5) is 32.8. The number of ether oxygens (including phenoxy) is 4. The molecule has 62 heavy (non-hydrogen) atoms. The first-order valence-electron chi connectivity index (χ1n) is 18.4. The Balaban J connectivity index is -0.000000847. The molecule has 4 aromatic rings. The Labute approximate surface area is 422 Å². The number of methoxy groups -OCH3 is 2. The second-order valence-corrected chi connectivity index (χ2v) is 32.1. The van der Waals surface area contributed by atoms with Crippen LogP contribution in [0.5, 0.6) is 11.5 Å². The molecule has 15 heteroatoms. The predicted molar refractivity (Wildman–Crippen MR) is 260 cm³/mol. The summed E-state index contributed by atoms with van der Waals surface area (Å²) < 4.78 is 41.2. The van der Waals surface area contributed by atoms with Crippen molar-refractivity contribution in [3.8, 4) is 11.5 Å². The number of allylic oxidation sites excluding steroid dienone is 4. The number of esters is 2. The van der Waals surface area contributed by atoms with Crippen molar-refractivity contribution in [2.45, 2.75) is 59.2 Å². The van der Waals surface area contributed by atoms with Gasteiger partial charge in [0, 0.05) is 37.2 Å². The second-order valence-electron chi connectivity index (χ2n) is 13.5. The third-order valence-electron chi connectivity index (χ3n) is 8.35. The molecule has 4 rings (SSSR count). The molecule has 0 fully saturated rings. The molecule has 0 amide bonds. The molecular formula is C47H60I3NaO10P-. The zero-order chi connectivity index (χ0) is 44.9. The maximum Gasteiger partial charge on any atom is 1.00 e. The van der Waals surface area contributed by atoms with Crippen molar-refractivity contribution in [2.24, 2.45) is 0 Å². The maximum absolute atomic E-state index is 11.4. The van der Waals surface area contributed by atoms with Gasteiger partial charge in [-0.3, -0.25) is 4.57 Å². The van der Waals surface area contributed by atoms with Crippen LogP contribution < -0.4 is 52.3 Å². The van der Waals surface area contributed by atoms with Crippen molar-refractivity contribution < 1.29 is 91.2 Å². The third kappa shape index (κ3) is 26.4. The van der Waals surface area contributed by atoms with Gasteiger partial charge in [-0.05, 0) is 60.4 Å². The fourth-order valence-corrected chi connectivity index (χ4v) is 5.50. The molecule has 0 atom stereocenters. The van der Waals surface area contributed by atoms with Crippen LogP contribution in [0.1, 0.15) is 58.8 Å². The van der Waals surface area contributed by atoms with Gasteiger partial charge in [-0.1, -0.05) is 131 Å². The van der Waals surface area contributed by atoms with Gasteiger partial charge in [-0.2, -0.15) is 0 Å². The Hall–Kier alpha value is -2.35. The summed E-state index contributed by atoms with van der Waals surface area (Å²) in [6.07, 6.45) is 10.6. The summed E-state index contributed by atoms with van der Waals surface area (Å²) >= 11 is 5.30. The van der Waals surface area contributed by atoms with Gasteiger partial charge in [0.15, 0.2) is 0 Å². The van der Waals surface area contributed by atoms with Gasteiger partial charge in [0.05, 0.1) is 20.4 Å². The summed E-state index contributed by atoms with van der Waals surface area (Å²) in [6.45, 7) is 9.11. The smallest absolute Gasteiger partial charge is 1.00 e. The van der Waals surface area contributed by atoms with E-state index in [1.807, 2.05) is 123 Å². The molecule has 336 valence electrons. The summed E-state index contributed by atoms with van der Waals surface area (Å²) in [5.41, 5.74) is 3.70. The Kier molecular flexibility index (Phi) is 34.8. The molecule has 0 saturated carbocycles. The molecule has 0 heterocycles. The van der Waals surface area contributed by atoms with Gasteiger partial charge < -0.3 is 34.2 Å². The fraction of sp³-hybridized carbons (Fsp3) is 0.298. The number of hydrogen-bond donors (Lipinski definition) is 0. The number of carbonyl (C=O) groups is 3. The molecule has 0 N–H and O–H groups in total. The molecule has 10 nitrogen and oxygen atoms in total. The van der Waals surface area contributed by atoms with Gasteiger partial charge in [0.1, 0.15) is 31.0 Å². The van der Waals surface area contributed by atoms with Crippen LogP contribution in [0.25, 0.3) is 0 Å². The molecule has 0 spiro atoms. The number of benzene rings is 4. The second kappa shape index (κ2) is 35.0. The van der Waals surface area contributed by atoms with Crippen molar-refractivity contribution in [3.63, 3.8) is 0 Å². The minimum atomic E-state index is -3.04. The van der Waals surface area contributed by atoms with Crippen LogP contribution in [0.4, 0.5) is 0 Å². The minimum Gasteiger partial charge on any atom is -1.00 e. The van der Waals surface area contributed by atoms with Crippen LogP contribution in [-0.4, -0.2) is 52.8 Å². The Bertz CT molecular complexity index is 1990. The fourth-order valence-electron chi connectivity index (χ4n) is 4.69. The van der Waals surface area contributed by atoms with E-state index >= 15 is 0 Å². The number of halogens is 3. The van der Waals surface area contributed by atoms with Crippen molar-refractivity contribution in [1.82, 2.24) is 0 Å². The topological polar surface area (TPSA) is 124 Å². The van der Waals surface area contributed by atoms with Crippen LogP contribution in [0.2, 0.25) is 0 Å². The minimum absolute atomic E-state index is 0. The monoisotopic (exact) mass is 1220 g/mol. The SMILES string of the molecule is C.CC(C)(C=O)c1cccc(OCc2ccccc2)c1.COC(=O)/C=C/C=C/C(C)(C)c1cccc(OCc2ccccc2)c1.COC(=O)/C=C/CP(=O)(OC)OC.I[I-]I.[H-].[Na+]. The van der Waals surface area contributed by atoms with Gasteiger partial charge >= 0.3 is 99.6 Å². The first-order chi connectivity index (χ1) is 28.6. The van der Waals surface area contributed by atoms with E-state index < -0.39 is 19.0 Å². The molecule has 0 saturated heterocycles. The Morgan fingerprint density at radius 3 is 1.48 bits per heavy atom. The van der Waals surface area contributed by atoms with E-state index in [0.717, 1.165) is 40.0 Å². The average molecular weight is 1220 g/mol. The molecule has 0 aliphatic carbocycles. The first kappa shape index (κ1) is 61.7. The van der Waals surface area contributed by atoms with Crippen LogP contribution >= 0.6 is 44.8 Å². The maximum atomic E-state index is 11.4. The van der Waals surface area contributed by atoms with Gasteiger partial charge in [0.2, 0.25) is 0 Å². The largest absolute Gasteiger partial charge is 1.00 e. The summed E-state index contributed by atoms with van der Waals surface area (Å²) in [5, 5.41) is 0. The van der Waals surface area contributed by atoms with E-state index in [0.29, 0.717) is 26.5 Å². The zero-order valence-corrected chi connectivity index (χ0v) is 45.6. The van der Waals surface area contributed by atoms with Crippen molar-refractivity contribution in [3.05, 3.63) is 168 Å². The summed E-state index contributed by atoms with van der Waals surface area (Å²) in [6, 6.07) is 35.9. The predicted octanol–water partition coefficient (Wildman–Crippen LogP) is 6.30. The number of carbonyl (C=O) groups excluding carboxylic acids is 3. The molecule has 0 radical (unpaired) electrons. The van der Waals surface area contributed by atoms with Crippen molar-refractivity contribution in [2.75, 3.05) is 34.6 Å². The number of hydrogen-bond acceptors (Lipinski definition) is 10. The Morgan fingerprint density at radius 2 is 1.08 bits per heavy atom. The van der Waals surface area contributed by atoms with Gasteiger partial charge in [-0.25, -0.2) is 9.59 Å². The average Bonchev–Trinajstić information content (AvgIpc) is 3.27. The molecule has 0 unspecified atom stereocenters. The summed E-state index contributed by atoms with van der Waals surface area (Å²) in [7, 11) is 2.16. The molecule has 4 aromatic carbocycles. The van der Waals surface area contributed by atoms with E-state index in [-0.39, 0.29) is 56.0 Å². The summed E-state index contributed by atoms with van der Waals surface area (Å²) in [5.74, 6) is 0.765. The molecule has 0 bridgehead atoms. The first-order valence-corrected chi connectivity index (χ1v) is 32.7. The van der Waals surface area contributed by atoms with Gasteiger partial charge in [-0.15, -0.1) is 0 Å². The van der Waals surface area contributed by atoms with E-state index in [9.17, 15) is 18.9 Å². The number of aldehydes is 1. The molecule has 0 aliphatic rings. The van der Waals surface area contributed by atoms with E-state index in [2.05, 4.69) is 81.7 Å². The van der Waals surface area contributed by atoms with Crippen LogP contribution in [0, 0.1) is 0 Å². The van der Waals surface area contributed by atoms with Crippen LogP contribution in [0.15, 0.2) is 146 Å². The van der Waals surface area contributed by atoms with E-state index in [1.54, 1.807) is 6.08 Å². The third-order valence-corrected chi connectivity index (χ3v) is 10.1. The normalized spacial score (nSPS) is 11.0. The quantitative estimate of drug-likeness (QED) is 0.0227. The van der Waals surface area contributed by atoms with Gasteiger partial charge in [0.25, 0.3) is 0 Å². The van der Waals surface area contributed by atoms with Crippen molar-refractivity contribution in [1.29, 1.82) is 0 Å². The van der Waals surface area contributed by atoms with E-state index in [1.165, 1.54) is 46.7 Å². The molecular weight excluding hydrogens is 1160 g/mol. The Morgan fingerprint density at radius 1 is 0.661 bits per heavy atom. The zero-order valence-electron chi connectivity index (χ0n) is 37.2.